The van der Waals surface area contributed by atoms with Gasteiger partial charge in [0.05, 0.1) is 5.54 Å². The molecule has 0 aromatic heterocycles. The van der Waals surface area contributed by atoms with Crippen molar-refractivity contribution in [2.75, 3.05) is 6.54 Å². The van der Waals surface area contributed by atoms with Gasteiger partial charge in [-0.25, -0.2) is 0 Å². The smallest absolute Gasteiger partial charge is 0.237 e. The number of hydrogen-bond donors (Lipinski definition) is 2. The van der Waals surface area contributed by atoms with Crippen molar-refractivity contribution in [2.24, 2.45) is 5.73 Å². The number of hydrogen-bond acceptors (Lipinski definition) is 3. The van der Waals surface area contributed by atoms with Crippen LogP contribution in [-0.2, 0) is 4.79 Å². The first-order valence-electron chi connectivity index (χ1n) is 8.59. The summed E-state index contributed by atoms with van der Waals surface area (Å²) in [5.41, 5.74) is 5.00. The molecular weight excluding hydrogens is 262 g/mol. The Balaban J connectivity index is 2.39. The van der Waals surface area contributed by atoms with E-state index in [1.165, 1.54) is 19.3 Å². The van der Waals surface area contributed by atoms with Gasteiger partial charge in [0.25, 0.3) is 0 Å². The van der Waals surface area contributed by atoms with E-state index in [0.29, 0.717) is 12.1 Å². The summed E-state index contributed by atoms with van der Waals surface area (Å²) in [5.74, 6) is -0.240. The Bertz CT molecular complexity index is 322. The third-order valence-electron chi connectivity index (χ3n) is 4.87. The molecule has 0 spiro atoms. The van der Waals surface area contributed by atoms with Crippen LogP contribution in [0.4, 0.5) is 0 Å². The minimum Gasteiger partial charge on any atom is -0.368 e. The number of nitrogens with two attached hydrogens (primary N) is 1. The first kappa shape index (κ1) is 18.4. The molecule has 1 aliphatic heterocycles. The van der Waals surface area contributed by atoms with Crippen LogP contribution in [0.15, 0.2) is 0 Å². The van der Waals surface area contributed by atoms with Crippen LogP contribution in [-0.4, -0.2) is 41.0 Å². The first-order chi connectivity index (χ1) is 9.76. The van der Waals surface area contributed by atoms with E-state index in [1.54, 1.807) is 0 Å². The SMILES string of the molecule is CC(C)NC(C)(CCCCN1[C@H](C)CCC[C@@H]1C)C(N)=O. The van der Waals surface area contributed by atoms with Crippen molar-refractivity contribution in [1.29, 1.82) is 0 Å². The standard InChI is InChI=1S/C17H35N3O/c1-13(2)19-17(5,16(18)21)11-6-7-12-20-14(3)9-8-10-15(20)4/h13-15,19H,6-12H2,1-5H3,(H2,18,21)/t14-,15+,17?. The maximum Gasteiger partial charge on any atom is 0.237 e. The summed E-state index contributed by atoms with van der Waals surface area (Å²) in [6, 6.07) is 1.67. The van der Waals surface area contributed by atoms with Crippen LogP contribution in [0.2, 0.25) is 0 Å². The van der Waals surface area contributed by atoms with E-state index >= 15 is 0 Å². The average Bonchev–Trinajstić information content (AvgIpc) is 2.36. The van der Waals surface area contributed by atoms with Gasteiger partial charge in [0.15, 0.2) is 0 Å². The van der Waals surface area contributed by atoms with Gasteiger partial charge in [-0.15, -0.1) is 0 Å². The van der Waals surface area contributed by atoms with Crippen molar-refractivity contribution in [3.05, 3.63) is 0 Å². The highest BCUT2D eigenvalue weighted by atomic mass is 16.1. The maximum atomic E-state index is 11.7. The predicted octanol–water partition coefficient (Wildman–Crippen LogP) is 2.66. The first-order valence-corrected chi connectivity index (χ1v) is 8.59. The molecule has 0 aliphatic carbocycles. The molecule has 4 heteroatoms. The second kappa shape index (κ2) is 8.14. The Labute approximate surface area is 130 Å². The lowest BCUT2D eigenvalue weighted by Gasteiger charge is -2.39. The quantitative estimate of drug-likeness (QED) is 0.677. The fourth-order valence-electron chi connectivity index (χ4n) is 3.59. The van der Waals surface area contributed by atoms with Crippen molar-refractivity contribution >= 4 is 5.91 Å². The summed E-state index contributed by atoms with van der Waals surface area (Å²) >= 11 is 0. The largest absolute Gasteiger partial charge is 0.368 e. The lowest BCUT2D eigenvalue weighted by Crippen LogP contribution is -2.55. The molecule has 1 amide bonds. The number of rotatable bonds is 8. The fraction of sp³-hybridized carbons (Fsp3) is 0.941. The van der Waals surface area contributed by atoms with Crippen LogP contribution in [0.3, 0.4) is 0 Å². The Morgan fingerprint density at radius 3 is 2.33 bits per heavy atom. The third kappa shape index (κ3) is 5.59. The average molecular weight is 297 g/mol. The van der Waals surface area contributed by atoms with E-state index < -0.39 is 5.54 Å². The Kier molecular flexibility index (Phi) is 7.14. The molecule has 0 radical (unpaired) electrons. The lowest BCUT2D eigenvalue weighted by molar-refractivity contribution is -0.124. The second-order valence-electron chi connectivity index (χ2n) is 7.32. The topological polar surface area (TPSA) is 58.4 Å². The number of likely N-dealkylation sites (tertiary alicyclic amines) is 1. The second-order valence-corrected chi connectivity index (χ2v) is 7.32. The van der Waals surface area contributed by atoms with E-state index in [2.05, 4.69) is 37.9 Å². The molecule has 1 fully saturated rings. The van der Waals surface area contributed by atoms with Crippen LogP contribution in [0.1, 0.15) is 73.1 Å². The Morgan fingerprint density at radius 2 is 1.86 bits per heavy atom. The number of carbonyl (C=O) groups excluding carboxylic acids is 1. The molecule has 1 unspecified atom stereocenters. The number of nitrogens with zero attached hydrogens (tertiary/aromatic N) is 1. The van der Waals surface area contributed by atoms with E-state index in [4.69, 9.17) is 5.73 Å². The molecule has 1 heterocycles. The molecule has 3 N–H and O–H groups in total. The van der Waals surface area contributed by atoms with Crippen molar-refractivity contribution < 1.29 is 4.79 Å². The van der Waals surface area contributed by atoms with Crippen molar-refractivity contribution in [3.8, 4) is 0 Å². The summed E-state index contributed by atoms with van der Waals surface area (Å²) in [7, 11) is 0. The van der Waals surface area contributed by atoms with E-state index in [0.717, 1.165) is 25.8 Å². The van der Waals surface area contributed by atoms with E-state index in [-0.39, 0.29) is 11.9 Å². The van der Waals surface area contributed by atoms with Crippen molar-refractivity contribution in [1.82, 2.24) is 10.2 Å². The van der Waals surface area contributed by atoms with Gasteiger partial charge in [-0.3, -0.25) is 9.69 Å². The zero-order valence-electron chi connectivity index (χ0n) is 14.6. The van der Waals surface area contributed by atoms with Crippen LogP contribution >= 0.6 is 0 Å². The lowest BCUT2D eigenvalue weighted by atomic mass is 9.92. The molecule has 4 nitrogen and oxygen atoms in total. The maximum absolute atomic E-state index is 11.7. The van der Waals surface area contributed by atoms with Gasteiger partial charge < -0.3 is 11.1 Å². The van der Waals surface area contributed by atoms with Crippen LogP contribution < -0.4 is 11.1 Å². The van der Waals surface area contributed by atoms with Gasteiger partial charge in [-0.2, -0.15) is 0 Å². The summed E-state index contributed by atoms with van der Waals surface area (Å²) in [5, 5.41) is 3.32. The van der Waals surface area contributed by atoms with Crippen LogP contribution in [0.25, 0.3) is 0 Å². The summed E-state index contributed by atoms with van der Waals surface area (Å²) in [6.07, 6.45) is 6.98. The summed E-state index contributed by atoms with van der Waals surface area (Å²) < 4.78 is 0. The Hall–Kier alpha value is -0.610. The minimum absolute atomic E-state index is 0.240. The van der Waals surface area contributed by atoms with Crippen molar-refractivity contribution in [2.45, 2.75) is 96.8 Å². The van der Waals surface area contributed by atoms with Gasteiger partial charge in [-0.1, -0.05) is 6.42 Å². The third-order valence-corrected chi connectivity index (χ3v) is 4.87. The molecule has 1 aliphatic rings. The molecule has 0 aromatic carbocycles. The number of nitrogens with one attached hydrogen (secondary N) is 1. The highest BCUT2D eigenvalue weighted by molar-refractivity contribution is 5.84. The predicted molar refractivity (Wildman–Crippen MR) is 89.2 cm³/mol. The molecule has 0 bridgehead atoms. The normalized spacial score (nSPS) is 26.8. The van der Waals surface area contributed by atoms with Gasteiger partial charge >= 0.3 is 0 Å². The number of carbonyl (C=O) groups is 1. The van der Waals surface area contributed by atoms with Gasteiger partial charge in [0, 0.05) is 18.1 Å². The highest BCUT2D eigenvalue weighted by Crippen LogP contribution is 2.23. The van der Waals surface area contributed by atoms with Crippen LogP contribution in [0.5, 0.6) is 0 Å². The number of amides is 1. The van der Waals surface area contributed by atoms with Crippen molar-refractivity contribution in [3.63, 3.8) is 0 Å². The zero-order chi connectivity index (χ0) is 16.0. The monoisotopic (exact) mass is 297 g/mol. The molecule has 1 rings (SSSR count). The number of primary amides is 1. The van der Waals surface area contributed by atoms with Gasteiger partial charge in [0.1, 0.15) is 0 Å². The molecule has 0 saturated carbocycles. The Morgan fingerprint density at radius 1 is 1.29 bits per heavy atom. The molecule has 21 heavy (non-hydrogen) atoms. The number of piperidine rings is 1. The molecule has 124 valence electrons. The van der Waals surface area contributed by atoms with E-state index in [1.807, 2.05) is 6.92 Å². The zero-order valence-corrected chi connectivity index (χ0v) is 14.6. The molecule has 1 saturated heterocycles. The molecular formula is C17H35N3O. The van der Waals surface area contributed by atoms with E-state index in [9.17, 15) is 4.79 Å². The fourth-order valence-corrected chi connectivity index (χ4v) is 3.59. The van der Waals surface area contributed by atoms with Crippen LogP contribution in [0, 0.1) is 0 Å². The van der Waals surface area contributed by atoms with Gasteiger partial charge in [0.2, 0.25) is 5.91 Å². The minimum atomic E-state index is -0.576. The number of unbranched alkanes of at least 4 members (excludes halogenated alkanes) is 1. The molecule has 0 aromatic rings. The highest BCUT2D eigenvalue weighted by Gasteiger charge is 2.31. The summed E-state index contributed by atoms with van der Waals surface area (Å²) in [4.78, 5) is 14.3. The van der Waals surface area contributed by atoms with Gasteiger partial charge in [-0.05, 0) is 73.3 Å². The molecule has 3 atom stereocenters. The summed E-state index contributed by atoms with van der Waals surface area (Å²) in [6.45, 7) is 11.9.